The van der Waals surface area contributed by atoms with Crippen molar-refractivity contribution in [2.45, 2.75) is 95.6 Å². The number of phenolic OH excluding ortho intramolecular Hbond substituents is 1. The van der Waals surface area contributed by atoms with Crippen molar-refractivity contribution in [3.8, 4) is 5.75 Å². The molecule has 4 rings (SSSR count). The Morgan fingerprint density at radius 2 is 2.00 bits per heavy atom. The van der Waals surface area contributed by atoms with Crippen molar-refractivity contribution in [1.82, 2.24) is 10.0 Å². The van der Waals surface area contributed by atoms with Crippen LogP contribution in [0.5, 0.6) is 5.75 Å². The highest BCUT2D eigenvalue weighted by atomic mass is 32.1. The van der Waals surface area contributed by atoms with Gasteiger partial charge in [-0.3, -0.25) is 19.1 Å². The molecule has 0 saturated heterocycles. The largest absolute Gasteiger partial charge is 0.508 e. The molecular formula is C28H41N3O5S. The Labute approximate surface area is 225 Å². The fraction of sp³-hybridized carbons (Fsp3) is 0.679. The summed E-state index contributed by atoms with van der Waals surface area (Å²) in [6.07, 6.45) is 8.28. The van der Waals surface area contributed by atoms with Gasteiger partial charge in [-0.2, -0.15) is 0 Å². The first-order chi connectivity index (χ1) is 17.7. The average molecular weight is 532 g/mol. The number of amides is 2. The molecule has 6 unspecified atom stereocenters. The molecule has 0 spiro atoms. The lowest BCUT2D eigenvalue weighted by molar-refractivity contribution is -0.158. The number of nitrogens with one attached hydrogen (secondary N) is 2. The standard InChI is InChI=1S/C28H41N3O5S/c1-28-14-13-20-19-8-6-18(32)16-17(19)5-7-21(20)22(28)9-10-24(28)36-26(34)12-11-25(33)30-15-3-2-4-23(31-37)27(29)35/h6,8,16,20-24,31-32,37H,2-5,7,9-15H2,1H3,(H2,29,35)(H,30,33). The van der Waals surface area contributed by atoms with Gasteiger partial charge in [0, 0.05) is 18.4 Å². The Hall–Kier alpha value is -2.26. The summed E-state index contributed by atoms with van der Waals surface area (Å²) >= 11 is 3.89. The molecule has 6 atom stereocenters. The van der Waals surface area contributed by atoms with Crippen molar-refractivity contribution in [2.75, 3.05) is 6.54 Å². The number of phenols is 1. The summed E-state index contributed by atoms with van der Waals surface area (Å²) in [4.78, 5) is 36.0. The van der Waals surface area contributed by atoms with Crippen molar-refractivity contribution < 1.29 is 24.2 Å². The fourth-order valence-electron chi connectivity index (χ4n) is 7.21. The number of aromatic hydroxyl groups is 1. The molecule has 1 aromatic carbocycles. The summed E-state index contributed by atoms with van der Waals surface area (Å²) in [6.45, 7) is 2.78. The van der Waals surface area contributed by atoms with Gasteiger partial charge in [-0.15, -0.1) is 0 Å². The molecule has 0 heterocycles. The zero-order chi connectivity index (χ0) is 26.6. The number of hydrogen-bond acceptors (Lipinski definition) is 7. The van der Waals surface area contributed by atoms with Gasteiger partial charge in [0.15, 0.2) is 0 Å². The van der Waals surface area contributed by atoms with E-state index >= 15 is 0 Å². The number of carbonyl (C=O) groups is 3. The summed E-state index contributed by atoms with van der Waals surface area (Å²) in [6, 6.07) is 5.36. The number of esters is 1. The van der Waals surface area contributed by atoms with Crippen LogP contribution in [0.2, 0.25) is 0 Å². The first kappa shape index (κ1) is 27.8. The normalized spacial score (nSPS) is 28.9. The summed E-state index contributed by atoms with van der Waals surface area (Å²) in [5, 5.41) is 12.7. The predicted octanol–water partition coefficient (Wildman–Crippen LogP) is 3.52. The molecule has 0 aromatic heterocycles. The van der Waals surface area contributed by atoms with E-state index in [1.54, 1.807) is 0 Å². The summed E-state index contributed by atoms with van der Waals surface area (Å²) in [5.41, 5.74) is 7.93. The van der Waals surface area contributed by atoms with Crippen molar-refractivity contribution in [2.24, 2.45) is 23.0 Å². The second kappa shape index (κ2) is 12.1. The zero-order valence-electron chi connectivity index (χ0n) is 21.7. The predicted molar refractivity (Wildman–Crippen MR) is 144 cm³/mol. The minimum atomic E-state index is -0.482. The molecule has 37 heavy (non-hydrogen) atoms. The molecule has 8 nitrogen and oxygen atoms in total. The molecule has 2 saturated carbocycles. The van der Waals surface area contributed by atoms with Gasteiger partial charge in [0.2, 0.25) is 11.8 Å². The van der Waals surface area contributed by atoms with Crippen LogP contribution < -0.4 is 15.8 Å². The summed E-state index contributed by atoms with van der Waals surface area (Å²) in [5.74, 6) is 1.08. The van der Waals surface area contributed by atoms with E-state index in [0.717, 1.165) is 44.9 Å². The Bertz CT molecular complexity index is 1000. The van der Waals surface area contributed by atoms with Crippen molar-refractivity contribution in [3.63, 3.8) is 0 Å². The van der Waals surface area contributed by atoms with Gasteiger partial charge in [-0.05, 0) is 98.8 Å². The zero-order valence-corrected chi connectivity index (χ0v) is 22.6. The monoisotopic (exact) mass is 531 g/mol. The molecule has 0 aliphatic heterocycles. The Kier molecular flexibility index (Phi) is 9.06. The number of unbranched alkanes of at least 4 members (excludes halogenated alkanes) is 1. The molecule has 0 bridgehead atoms. The quantitative estimate of drug-likeness (QED) is 0.169. The van der Waals surface area contributed by atoms with Crippen LogP contribution in [-0.2, 0) is 25.5 Å². The van der Waals surface area contributed by atoms with Gasteiger partial charge in [-0.1, -0.05) is 25.8 Å². The highest BCUT2D eigenvalue weighted by molar-refractivity contribution is 7.78. The van der Waals surface area contributed by atoms with Crippen LogP contribution in [0.15, 0.2) is 18.2 Å². The lowest BCUT2D eigenvalue weighted by Crippen LogP contribution is -2.45. The van der Waals surface area contributed by atoms with E-state index in [2.05, 4.69) is 35.8 Å². The van der Waals surface area contributed by atoms with Crippen LogP contribution in [0.25, 0.3) is 0 Å². The second-order valence-electron chi connectivity index (χ2n) is 11.3. The van der Waals surface area contributed by atoms with Crippen molar-refractivity contribution in [1.29, 1.82) is 0 Å². The first-order valence-corrected chi connectivity index (χ1v) is 14.1. The maximum absolute atomic E-state index is 12.7. The van der Waals surface area contributed by atoms with E-state index in [9.17, 15) is 19.5 Å². The molecule has 204 valence electrons. The number of benzene rings is 1. The number of nitrogens with two attached hydrogens (primary N) is 1. The number of rotatable bonds is 11. The molecule has 1 aromatic rings. The van der Waals surface area contributed by atoms with Gasteiger partial charge in [-0.25, -0.2) is 0 Å². The molecule has 0 radical (unpaired) electrons. The topological polar surface area (TPSA) is 131 Å². The Morgan fingerprint density at radius 3 is 2.76 bits per heavy atom. The van der Waals surface area contributed by atoms with Crippen LogP contribution >= 0.6 is 12.8 Å². The van der Waals surface area contributed by atoms with Crippen molar-refractivity contribution in [3.05, 3.63) is 29.3 Å². The summed E-state index contributed by atoms with van der Waals surface area (Å²) in [7, 11) is 0. The average Bonchev–Trinajstić information content (AvgIpc) is 3.20. The molecule has 2 fully saturated rings. The highest BCUT2D eigenvalue weighted by Crippen LogP contribution is 2.61. The summed E-state index contributed by atoms with van der Waals surface area (Å²) < 4.78 is 8.57. The number of carbonyl (C=O) groups excluding carboxylic acids is 3. The van der Waals surface area contributed by atoms with Crippen LogP contribution in [0.1, 0.15) is 88.2 Å². The fourth-order valence-corrected chi connectivity index (χ4v) is 7.46. The number of ether oxygens (including phenoxy) is 1. The third-order valence-electron chi connectivity index (χ3n) is 9.19. The van der Waals surface area contributed by atoms with Crippen LogP contribution in [0.4, 0.5) is 0 Å². The number of hydrogen-bond donors (Lipinski definition) is 5. The maximum atomic E-state index is 12.7. The molecule has 9 heteroatoms. The van der Waals surface area contributed by atoms with Crippen LogP contribution in [-0.4, -0.2) is 41.6 Å². The van der Waals surface area contributed by atoms with E-state index in [1.807, 2.05) is 12.1 Å². The van der Waals surface area contributed by atoms with Gasteiger partial charge in [0.1, 0.15) is 11.9 Å². The highest BCUT2D eigenvalue weighted by Gasteiger charge is 2.56. The molecule has 5 N–H and O–H groups in total. The number of aryl methyl sites for hydroxylation is 1. The van der Waals surface area contributed by atoms with Crippen LogP contribution in [0.3, 0.4) is 0 Å². The number of fused-ring (bicyclic) bond motifs is 5. The SMILES string of the molecule is CC12CCC3c4ccc(O)cc4CCC3C1CCC2OC(=O)CCC(=O)NCCCCC(NS)C(N)=O. The molecule has 2 amide bonds. The molecule has 3 aliphatic carbocycles. The Morgan fingerprint density at radius 1 is 1.19 bits per heavy atom. The van der Waals surface area contributed by atoms with E-state index in [-0.39, 0.29) is 36.2 Å². The van der Waals surface area contributed by atoms with E-state index in [0.29, 0.717) is 42.9 Å². The molecular weight excluding hydrogens is 490 g/mol. The smallest absolute Gasteiger partial charge is 0.306 e. The van der Waals surface area contributed by atoms with E-state index in [1.165, 1.54) is 11.1 Å². The lowest BCUT2D eigenvalue weighted by Gasteiger charge is -2.50. The van der Waals surface area contributed by atoms with Gasteiger partial charge < -0.3 is 20.9 Å². The number of primary amides is 1. The van der Waals surface area contributed by atoms with E-state index < -0.39 is 11.9 Å². The molecule has 3 aliphatic rings. The second-order valence-corrected chi connectivity index (χ2v) is 11.6. The minimum Gasteiger partial charge on any atom is -0.508 e. The third-order valence-corrected chi connectivity index (χ3v) is 9.51. The van der Waals surface area contributed by atoms with Gasteiger partial charge in [0.05, 0.1) is 12.5 Å². The number of thiol groups is 1. The third kappa shape index (κ3) is 6.25. The Balaban J connectivity index is 1.20. The van der Waals surface area contributed by atoms with Crippen molar-refractivity contribution >= 4 is 30.6 Å². The van der Waals surface area contributed by atoms with Gasteiger partial charge in [0.25, 0.3) is 0 Å². The van der Waals surface area contributed by atoms with Crippen LogP contribution in [0, 0.1) is 17.3 Å². The maximum Gasteiger partial charge on any atom is 0.306 e. The first-order valence-electron chi connectivity index (χ1n) is 13.7. The lowest BCUT2D eigenvalue weighted by atomic mass is 9.55. The minimum absolute atomic E-state index is 0.0157. The van der Waals surface area contributed by atoms with Gasteiger partial charge >= 0.3 is 5.97 Å². The van der Waals surface area contributed by atoms with E-state index in [4.69, 9.17) is 10.5 Å².